The van der Waals surface area contributed by atoms with Gasteiger partial charge in [0.05, 0.1) is 23.7 Å². The average Bonchev–Trinajstić information content (AvgIpc) is 2.50. The van der Waals surface area contributed by atoms with Crippen molar-refractivity contribution in [3.05, 3.63) is 23.8 Å². The van der Waals surface area contributed by atoms with Crippen molar-refractivity contribution in [1.82, 2.24) is 0 Å². The Morgan fingerprint density at radius 3 is 2.70 bits per heavy atom. The zero-order chi connectivity index (χ0) is 17.1. The largest absolute Gasteiger partial charge is 0.522 e. The quantitative estimate of drug-likeness (QED) is 0.357. The Balaban J connectivity index is 2.55. The molecule has 1 rings (SSSR count). The minimum Gasteiger partial charge on any atom is -0.466 e. The number of nitrogens with zero attached hydrogens (tertiary/aromatic N) is 1. The number of benzene rings is 1. The summed E-state index contributed by atoms with van der Waals surface area (Å²) >= 11 is 1.26. The first-order chi connectivity index (χ1) is 11.0. The van der Waals surface area contributed by atoms with E-state index >= 15 is 0 Å². The first kappa shape index (κ1) is 19.6. The van der Waals surface area contributed by atoms with Gasteiger partial charge in [-0.15, -0.1) is 24.9 Å². The van der Waals surface area contributed by atoms with Gasteiger partial charge in [0.15, 0.2) is 6.79 Å². The molecule has 0 unspecified atom stereocenters. The number of ether oxygens (including phenoxy) is 3. The molecule has 128 valence electrons. The van der Waals surface area contributed by atoms with Crippen LogP contribution in [0.4, 0.5) is 13.2 Å². The lowest BCUT2D eigenvalue weighted by atomic mass is 10.2. The fraction of sp³-hybridized carbons (Fsp3) is 0.533. The van der Waals surface area contributed by atoms with Crippen molar-refractivity contribution in [2.24, 2.45) is 0 Å². The van der Waals surface area contributed by atoms with Gasteiger partial charge in [-0.05, 0) is 25.0 Å². The number of alkyl halides is 3. The molecule has 0 bridgehead atoms. The van der Waals surface area contributed by atoms with Gasteiger partial charge in [-0.3, -0.25) is 4.74 Å². The Bertz CT molecular complexity index is 518. The van der Waals surface area contributed by atoms with E-state index in [0.717, 1.165) is 6.42 Å². The maximum absolute atomic E-state index is 11.9. The van der Waals surface area contributed by atoms with Crippen molar-refractivity contribution in [1.29, 1.82) is 5.26 Å². The zero-order valence-electron chi connectivity index (χ0n) is 12.7. The number of hydrogen-bond acceptors (Lipinski definition) is 5. The van der Waals surface area contributed by atoms with Crippen LogP contribution in [0.1, 0.15) is 25.3 Å². The highest BCUT2D eigenvalue weighted by atomic mass is 32.2. The fourth-order valence-corrected chi connectivity index (χ4v) is 2.60. The Kier molecular flexibility index (Phi) is 8.84. The Labute approximate surface area is 137 Å². The number of rotatable bonds is 10. The van der Waals surface area contributed by atoms with Gasteiger partial charge < -0.3 is 9.47 Å². The molecule has 0 spiro atoms. The molecule has 0 amide bonds. The highest BCUT2D eigenvalue weighted by molar-refractivity contribution is 7.99. The lowest BCUT2D eigenvalue weighted by molar-refractivity contribution is -0.324. The van der Waals surface area contributed by atoms with Crippen LogP contribution < -0.4 is 4.74 Å². The van der Waals surface area contributed by atoms with E-state index in [9.17, 15) is 13.2 Å². The molecular weight excluding hydrogens is 331 g/mol. The standard InChI is InChI=1S/C15H18F3NO3S/c1-2-7-20-11-21-13-6-3-5-12(10-19)14(13)23-9-4-8-22-15(16,17)18/h3,5-6H,2,4,7-9,11H2,1H3. The van der Waals surface area contributed by atoms with E-state index in [4.69, 9.17) is 14.7 Å². The molecule has 23 heavy (non-hydrogen) atoms. The van der Waals surface area contributed by atoms with Crippen LogP contribution in [0.5, 0.6) is 5.75 Å². The summed E-state index contributed by atoms with van der Waals surface area (Å²) in [6, 6.07) is 7.07. The van der Waals surface area contributed by atoms with Crippen LogP contribution in [0.15, 0.2) is 23.1 Å². The molecule has 0 N–H and O–H groups in total. The highest BCUT2D eigenvalue weighted by Crippen LogP contribution is 2.33. The van der Waals surface area contributed by atoms with Crippen LogP contribution >= 0.6 is 11.8 Å². The topological polar surface area (TPSA) is 51.5 Å². The molecule has 0 aliphatic rings. The average molecular weight is 349 g/mol. The monoisotopic (exact) mass is 349 g/mol. The molecule has 0 saturated carbocycles. The summed E-state index contributed by atoms with van der Waals surface area (Å²) < 4.78 is 50.1. The molecule has 0 saturated heterocycles. The second-order valence-electron chi connectivity index (χ2n) is 4.41. The number of nitriles is 1. The van der Waals surface area contributed by atoms with Crippen molar-refractivity contribution in [3.8, 4) is 11.8 Å². The predicted molar refractivity (Wildman–Crippen MR) is 80.2 cm³/mol. The zero-order valence-corrected chi connectivity index (χ0v) is 13.5. The molecule has 0 atom stereocenters. The molecule has 1 aromatic carbocycles. The first-order valence-corrected chi connectivity index (χ1v) is 8.03. The van der Waals surface area contributed by atoms with E-state index in [1.807, 2.05) is 13.0 Å². The van der Waals surface area contributed by atoms with Crippen LogP contribution in [0, 0.1) is 11.3 Å². The second kappa shape index (κ2) is 10.4. The van der Waals surface area contributed by atoms with E-state index < -0.39 is 13.0 Å². The molecule has 0 aliphatic heterocycles. The SMILES string of the molecule is CCCOCOc1cccc(C#N)c1SCCCOC(F)(F)F. The molecule has 0 aromatic heterocycles. The molecule has 1 aromatic rings. The van der Waals surface area contributed by atoms with Gasteiger partial charge in [0.2, 0.25) is 0 Å². The van der Waals surface area contributed by atoms with Crippen LogP contribution in [0.2, 0.25) is 0 Å². The van der Waals surface area contributed by atoms with Crippen molar-refractivity contribution >= 4 is 11.8 Å². The van der Waals surface area contributed by atoms with Gasteiger partial charge in [0.25, 0.3) is 0 Å². The third kappa shape index (κ3) is 8.11. The van der Waals surface area contributed by atoms with Crippen LogP contribution in [-0.2, 0) is 9.47 Å². The molecular formula is C15H18F3NO3S. The van der Waals surface area contributed by atoms with E-state index in [1.54, 1.807) is 18.2 Å². The van der Waals surface area contributed by atoms with Crippen molar-refractivity contribution < 1.29 is 27.4 Å². The van der Waals surface area contributed by atoms with Crippen LogP contribution in [0.3, 0.4) is 0 Å². The summed E-state index contributed by atoms with van der Waals surface area (Å²) in [5.41, 5.74) is 0.416. The van der Waals surface area contributed by atoms with E-state index in [1.165, 1.54) is 11.8 Å². The lowest BCUT2D eigenvalue weighted by Gasteiger charge is -2.13. The van der Waals surface area contributed by atoms with Crippen LogP contribution in [-0.4, -0.2) is 32.1 Å². The first-order valence-electron chi connectivity index (χ1n) is 7.05. The molecule has 0 radical (unpaired) electrons. The molecule has 4 nitrogen and oxygen atoms in total. The fourth-order valence-electron chi connectivity index (χ4n) is 1.60. The molecule has 8 heteroatoms. The van der Waals surface area contributed by atoms with E-state index in [-0.39, 0.29) is 13.2 Å². The highest BCUT2D eigenvalue weighted by Gasteiger charge is 2.28. The Morgan fingerprint density at radius 1 is 1.26 bits per heavy atom. The van der Waals surface area contributed by atoms with Crippen molar-refractivity contribution in [2.45, 2.75) is 31.0 Å². The third-order valence-electron chi connectivity index (χ3n) is 2.55. The Hall–Kier alpha value is -1.43. The lowest BCUT2D eigenvalue weighted by Crippen LogP contribution is -2.14. The summed E-state index contributed by atoms with van der Waals surface area (Å²) in [6.45, 7) is 2.18. The van der Waals surface area contributed by atoms with Gasteiger partial charge in [0, 0.05) is 5.75 Å². The number of halogens is 3. The van der Waals surface area contributed by atoms with E-state index in [2.05, 4.69) is 4.74 Å². The molecule has 0 aliphatic carbocycles. The smallest absolute Gasteiger partial charge is 0.466 e. The maximum Gasteiger partial charge on any atom is 0.522 e. The molecule has 0 fully saturated rings. The Morgan fingerprint density at radius 2 is 2.04 bits per heavy atom. The number of hydrogen-bond donors (Lipinski definition) is 0. The number of thioether (sulfide) groups is 1. The summed E-state index contributed by atoms with van der Waals surface area (Å²) in [7, 11) is 0. The van der Waals surface area contributed by atoms with Crippen LogP contribution in [0.25, 0.3) is 0 Å². The normalized spacial score (nSPS) is 11.3. The van der Waals surface area contributed by atoms with Gasteiger partial charge in [0.1, 0.15) is 11.8 Å². The summed E-state index contributed by atoms with van der Waals surface area (Å²) in [5, 5.41) is 9.14. The minimum absolute atomic E-state index is 0.0630. The van der Waals surface area contributed by atoms with Crippen molar-refractivity contribution in [3.63, 3.8) is 0 Å². The van der Waals surface area contributed by atoms with Gasteiger partial charge in [-0.2, -0.15) is 5.26 Å². The van der Waals surface area contributed by atoms with Gasteiger partial charge >= 0.3 is 6.36 Å². The van der Waals surface area contributed by atoms with Gasteiger partial charge in [-0.25, -0.2) is 0 Å². The summed E-state index contributed by atoms with van der Waals surface area (Å²) in [4.78, 5) is 0.599. The van der Waals surface area contributed by atoms with E-state index in [0.29, 0.717) is 28.6 Å². The van der Waals surface area contributed by atoms with Gasteiger partial charge in [-0.1, -0.05) is 13.0 Å². The van der Waals surface area contributed by atoms with Crippen molar-refractivity contribution in [2.75, 3.05) is 25.8 Å². The maximum atomic E-state index is 11.9. The second-order valence-corrected chi connectivity index (χ2v) is 5.52. The third-order valence-corrected chi connectivity index (χ3v) is 3.75. The summed E-state index contributed by atoms with van der Waals surface area (Å²) in [5.74, 6) is 0.864. The summed E-state index contributed by atoms with van der Waals surface area (Å²) in [6.07, 6.45) is -3.54. The molecule has 0 heterocycles. The minimum atomic E-state index is -4.61. The predicted octanol–water partition coefficient (Wildman–Crippen LogP) is 4.34.